The van der Waals surface area contributed by atoms with Crippen LogP contribution < -0.4 is 14.8 Å². The number of halogens is 1. The Morgan fingerprint density at radius 1 is 1.31 bits per heavy atom. The Labute approximate surface area is 164 Å². The molecule has 1 heterocycles. The SMILES string of the molecule is C=CCOc1ccc(CNCCCSc2nnnn2C)cc1OCC.Cl. The fourth-order valence-electron chi connectivity index (χ4n) is 2.14. The third-order valence-corrected chi connectivity index (χ3v) is 4.40. The largest absolute Gasteiger partial charge is 0.490 e. The summed E-state index contributed by atoms with van der Waals surface area (Å²) in [5, 5.41) is 15.7. The summed E-state index contributed by atoms with van der Waals surface area (Å²) < 4.78 is 13.0. The predicted molar refractivity (Wildman–Crippen MR) is 106 cm³/mol. The Balaban J connectivity index is 0.00000338. The minimum Gasteiger partial charge on any atom is -0.490 e. The smallest absolute Gasteiger partial charge is 0.209 e. The number of tetrazole rings is 1. The molecule has 0 aliphatic carbocycles. The molecule has 0 saturated heterocycles. The van der Waals surface area contributed by atoms with Crippen LogP contribution in [0, 0.1) is 0 Å². The second kappa shape index (κ2) is 12.6. The van der Waals surface area contributed by atoms with Crippen LogP contribution in [0.25, 0.3) is 0 Å². The summed E-state index contributed by atoms with van der Waals surface area (Å²) in [6.07, 6.45) is 2.76. The average Bonchev–Trinajstić information content (AvgIpc) is 3.02. The molecule has 0 aliphatic rings. The zero-order valence-electron chi connectivity index (χ0n) is 15.2. The normalized spacial score (nSPS) is 10.2. The lowest BCUT2D eigenvalue weighted by atomic mass is 10.2. The molecule has 144 valence electrons. The van der Waals surface area contributed by atoms with Gasteiger partial charge in [-0.25, -0.2) is 4.68 Å². The number of aromatic nitrogens is 4. The van der Waals surface area contributed by atoms with Crippen molar-refractivity contribution in [2.75, 3.05) is 25.5 Å². The first-order valence-electron chi connectivity index (χ1n) is 8.30. The molecule has 0 fully saturated rings. The molecule has 26 heavy (non-hydrogen) atoms. The van der Waals surface area contributed by atoms with Gasteiger partial charge < -0.3 is 14.8 Å². The molecule has 9 heteroatoms. The minimum atomic E-state index is 0. The van der Waals surface area contributed by atoms with E-state index in [9.17, 15) is 0 Å². The number of nitrogens with zero attached hydrogens (tertiary/aromatic N) is 4. The van der Waals surface area contributed by atoms with Crippen LogP contribution in [0.1, 0.15) is 18.9 Å². The zero-order valence-corrected chi connectivity index (χ0v) is 16.8. The molecular formula is C17H26ClN5O2S. The predicted octanol–water partition coefficient (Wildman–Crippen LogP) is 2.87. The van der Waals surface area contributed by atoms with E-state index < -0.39 is 0 Å². The molecule has 2 rings (SSSR count). The second-order valence-electron chi connectivity index (χ2n) is 5.28. The van der Waals surface area contributed by atoms with Crippen molar-refractivity contribution in [3.05, 3.63) is 36.4 Å². The van der Waals surface area contributed by atoms with Crippen LogP contribution in [-0.4, -0.2) is 45.7 Å². The molecule has 0 atom stereocenters. The van der Waals surface area contributed by atoms with E-state index in [1.807, 2.05) is 32.2 Å². The first kappa shape index (κ1) is 22.3. The van der Waals surface area contributed by atoms with E-state index in [1.54, 1.807) is 22.5 Å². The van der Waals surface area contributed by atoms with Crippen molar-refractivity contribution in [1.29, 1.82) is 0 Å². The number of hydrogen-bond acceptors (Lipinski definition) is 7. The number of rotatable bonds is 12. The first-order chi connectivity index (χ1) is 12.2. The highest BCUT2D eigenvalue weighted by atomic mass is 35.5. The van der Waals surface area contributed by atoms with Gasteiger partial charge in [0.05, 0.1) is 6.61 Å². The number of thioether (sulfide) groups is 1. The maximum absolute atomic E-state index is 5.66. The van der Waals surface area contributed by atoms with Gasteiger partial charge in [0, 0.05) is 19.3 Å². The summed E-state index contributed by atoms with van der Waals surface area (Å²) in [4.78, 5) is 0. The summed E-state index contributed by atoms with van der Waals surface area (Å²) in [7, 11) is 1.85. The number of nitrogens with one attached hydrogen (secondary N) is 1. The van der Waals surface area contributed by atoms with Crippen LogP contribution in [0.4, 0.5) is 0 Å². The van der Waals surface area contributed by atoms with Gasteiger partial charge in [0.25, 0.3) is 0 Å². The molecule has 7 nitrogen and oxygen atoms in total. The van der Waals surface area contributed by atoms with Crippen LogP contribution in [0.5, 0.6) is 11.5 Å². The van der Waals surface area contributed by atoms with Crippen molar-refractivity contribution in [3.63, 3.8) is 0 Å². The van der Waals surface area contributed by atoms with Crippen LogP contribution in [0.3, 0.4) is 0 Å². The van der Waals surface area contributed by atoms with Gasteiger partial charge >= 0.3 is 0 Å². The van der Waals surface area contributed by atoms with Crippen molar-refractivity contribution in [1.82, 2.24) is 25.5 Å². The quantitative estimate of drug-likeness (QED) is 0.334. The number of benzene rings is 1. The summed E-state index contributed by atoms with van der Waals surface area (Å²) >= 11 is 1.66. The maximum atomic E-state index is 5.66. The Hall–Kier alpha value is -1.77. The summed E-state index contributed by atoms with van der Waals surface area (Å²) in [5.74, 6) is 2.49. The van der Waals surface area contributed by atoms with Gasteiger partial charge in [-0.3, -0.25) is 0 Å². The van der Waals surface area contributed by atoms with E-state index in [2.05, 4.69) is 27.4 Å². The van der Waals surface area contributed by atoms with Crippen molar-refractivity contribution < 1.29 is 9.47 Å². The van der Waals surface area contributed by atoms with Gasteiger partial charge in [-0.1, -0.05) is 30.5 Å². The monoisotopic (exact) mass is 399 g/mol. The lowest BCUT2D eigenvalue weighted by Crippen LogP contribution is -2.15. The molecule has 1 N–H and O–H groups in total. The van der Waals surface area contributed by atoms with E-state index in [4.69, 9.17) is 9.47 Å². The van der Waals surface area contributed by atoms with Gasteiger partial charge in [-0.15, -0.1) is 17.5 Å². The Morgan fingerprint density at radius 3 is 2.85 bits per heavy atom. The lowest BCUT2D eigenvalue weighted by molar-refractivity contribution is 0.296. The van der Waals surface area contributed by atoms with E-state index >= 15 is 0 Å². The highest BCUT2D eigenvalue weighted by molar-refractivity contribution is 7.99. The van der Waals surface area contributed by atoms with Crippen molar-refractivity contribution in [2.45, 2.75) is 25.0 Å². The van der Waals surface area contributed by atoms with Gasteiger partial charge in [-0.2, -0.15) is 0 Å². The Kier molecular flexibility index (Phi) is 10.8. The highest BCUT2D eigenvalue weighted by Crippen LogP contribution is 2.28. The zero-order chi connectivity index (χ0) is 17.9. The molecule has 0 unspecified atom stereocenters. The summed E-state index contributed by atoms with van der Waals surface area (Å²) in [6, 6.07) is 6.02. The van der Waals surface area contributed by atoms with E-state index in [0.29, 0.717) is 13.2 Å². The minimum absolute atomic E-state index is 0. The lowest BCUT2D eigenvalue weighted by Gasteiger charge is -2.13. The first-order valence-corrected chi connectivity index (χ1v) is 9.28. The Morgan fingerprint density at radius 2 is 2.15 bits per heavy atom. The summed E-state index contributed by atoms with van der Waals surface area (Å²) in [6.45, 7) is 8.42. The molecule has 0 aliphatic heterocycles. The maximum Gasteiger partial charge on any atom is 0.209 e. The van der Waals surface area contributed by atoms with Gasteiger partial charge in [0.15, 0.2) is 11.5 Å². The van der Waals surface area contributed by atoms with Crippen LogP contribution in [0.2, 0.25) is 0 Å². The van der Waals surface area contributed by atoms with Crippen molar-refractivity contribution in [3.8, 4) is 11.5 Å². The number of ether oxygens (including phenoxy) is 2. The summed E-state index contributed by atoms with van der Waals surface area (Å²) in [5.41, 5.74) is 1.17. The molecule has 0 amide bonds. The standard InChI is InChI=1S/C17H25N5O2S.ClH/c1-4-10-24-15-8-7-14(12-16(15)23-5-2)13-18-9-6-11-25-17-19-20-21-22(17)3;/h4,7-8,12,18H,1,5-6,9-11,13H2,2-3H3;1H. The third-order valence-electron chi connectivity index (χ3n) is 3.30. The molecule has 0 bridgehead atoms. The fourth-order valence-corrected chi connectivity index (χ4v) is 2.92. The molecule has 0 radical (unpaired) electrons. The molecule has 0 saturated carbocycles. The Bertz CT molecular complexity index is 668. The van der Waals surface area contributed by atoms with Gasteiger partial charge in [-0.05, 0) is 48.0 Å². The van der Waals surface area contributed by atoms with Gasteiger partial charge in [0.2, 0.25) is 5.16 Å². The molecular weight excluding hydrogens is 374 g/mol. The topological polar surface area (TPSA) is 74.1 Å². The van der Waals surface area contributed by atoms with Crippen molar-refractivity contribution >= 4 is 24.2 Å². The van der Waals surface area contributed by atoms with E-state index in [-0.39, 0.29) is 12.4 Å². The van der Waals surface area contributed by atoms with Crippen LogP contribution in [-0.2, 0) is 13.6 Å². The molecule has 2 aromatic rings. The highest BCUT2D eigenvalue weighted by Gasteiger charge is 2.06. The number of aryl methyl sites for hydroxylation is 1. The second-order valence-corrected chi connectivity index (χ2v) is 6.34. The third kappa shape index (κ3) is 7.23. The van der Waals surface area contributed by atoms with E-state index in [0.717, 1.165) is 41.9 Å². The van der Waals surface area contributed by atoms with Gasteiger partial charge in [0.1, 0.15) is 6.61 Å². The van der Waals surface area contributed by atoms with Crippen LogP contribution >= 0.6 is 24.2 Å². The fraction of sp³-hybridized carbons (Fsp3) is 0.471. The molecule has 1 aromatic carbocycles. The van der Waals surface area contributed by atoms with Crippen molar-refractivity contribution in [2.24, 2.45) is 7.05 Å². The average molecular weight is 400 g/mol. The molecule has 1 aromatic heterocycles. The number of hydrogen-bond donors (Lipinski definition) is 1. The van der Waals surface area contributed by atoms with Crippen LogP contribution in [0.15, 0.2) is 36.0 Å². The van der Waals surface area contributed by atoms with E-state index in [1.165, 1.54) is 5.56 Å². The molecule has 0 spiro atoms.